The number of nitrogens with zero attached hydrogens (tertiary/aromatic N) is 7. The minimum atomic E-state index is -4.58. The van der Waals surface area contributed by atoms with Crippen LogP contribution in [0.15, 0.2) is 37.1 Å². The number of aryl methyl sites for hydroxylation is 1. The fourth-order valence-corrected chi connectivity index (χ4v) is 4.12. The number of aromatic nitrogens is 7. The summed E-state index contributed by atoms with van der Waals surface area (Å²) in [5.41, 5.74) is 1.46. The van der Waals surface area contributed by atoms with Crippen molar-refractivity contribution in [2.45, 2.75) is 31.5 Å². The van der Waals surface area contributed by atoms with E-state index in [1.165, 1.54) is 10.6 Å². The summed E-state index contributed by atoms with van der Waals surface area (Å²) in [5, 5.41) is 17.5. The van der Waals surface area contributed by atoms with Crippen molar-refractivity contribution in [1.82, 2.24) is 34.5 Å². The molecule has 0 unspecified atom stereocenters. The van der Waals surface area contributed by atoms with E-state index in [0.717, 1.165) is 23.7 Å². The molecule has 166 valence electrons. The number of piperidine rings is 1. The lowest BCUT2D eigenvalue weighted by molar-refractivity contribution is -0.141. The minimum absolute atomic E-state index is 0.0622. The topological polar surface area (TPSA) is 108 Å². The normalized spacial score (nSPS) is 19.6. The molecule has 2 atom stereocenters. The van der Waals surface area contributed by atoms with Crippen LogP contribution in [0.2, 0.25) is 0 Å². The fourth-order valence-electron chi connectivity index (χ4n) is 4.12. The molecule has 0 aromatic carbocycles. The van der Waals surface area contributed by atoms with Crippen LogP contribution in [0.5, 0.6) is 0 Å². The third kappa shape index (κ3) is 3.66. The molecule has 4 aromatic heterocycles. The van der Waals surface area contributed by atoms with Gasteiger partial charge in [-0.2, -0.15) is 18.3 Å². The van der Waals surface area contributed by atoms with E-state index in [-0.39, 0.29) is 17.4 Å². The molecule has 0 amide bonds. The van der Waals surface area contributed by atoms with Crippen LogP contribution in [-0.2, 0) is 6.18 Å². The van der Waals surface area contributed by atoms with Crippen molar-refractivity contribution in [3.8, 4) is 11.5 Å². The summed E-state index contributed by atoms with van der Waals surface area (Å²) in [4.78, 5) is 18.3. The van der Waals surface area contributed by atoms with Gasteiger partial charge in [-0.15, -0.1) is 0 Å². The molecule has 2 N–H and O–H groups in total. The quantitative estimate of drug-likeness (QED) is 0.500. The number of fused-ring (bicyclic) bond motifs is 1. The average Bonchev–Trinajstić information content (AvgIpc) is 3.38. The molecule has 1 aliphatic heterocycles. The van der Waals surface area contributed by atoms with E-state index in [9.17, 15) is 18.3 Å². The maximum Gasteiger partial charge on any atom is 0.434 e. The molecule has 12 heteroatoms. The summed E-state index contributed by atoms with van der Waals surface area (Å²) in [5.74, 6) is 0.859. The lowest BCUT2D eigenvalue weighted by Crippen LogP contribution is -2.42. The van der Waals surface area contributed by atoms with Gasteiger partial charge in [-0.05, 0) is 25.0 Å². The largest absolute Gasteiger partial charge is 0.434 e. The number of aliphatic hydroxyl groups excluding tert-OH is 1. The van der Waals surface area contributed by atoms with E-state index in [4.69, 9.17) is 0 Å². The monoisotopic (exact) mass is 444 g/mol. The lowest BCUT2D eigenvalue weighted by Gasteiger charge is -2.36. The molecule has 0 aliphatic carbocycles. The zero-order chi connectivity index (χ0) is 22.5. The number of aromatic amines is 1. The van der Waals surface area contributed by atoms with Gasteiger partial charge in [-0.1, -0.05) is 0 Å². The van der Waals surface area contributed by atoms with E-state index in [1.54, 1.807) is 12.3 Å². The predicted octanol–water partition coefficient (Wildman–Crippen LogP) is 2.59. The fraction of sp³-hybridized carbons (Fsp3) is 0.350. The second-order valence-corrected chi connectivity index (χ2v) is 7.80. The number of aliphatic hydroxyl groups is 1. The summed E-state index contributed by atoms with van der Waals surface area (Å²) in [7, 11) is 0. The number of alkyl halides is 3. The van der Waals surface area contributed by atoms with Crippen LogP contribution >= 0.6 is 0 Å². The Morgan fingerprint density at radius 1 is 1.16 bits per heavy atom. The number of hydrogen-bond acceptors (Lipinski definition) is 7. The summed E-state index contributed by atoms with van der Waals surface area (Å²) >= 11 is 0. The van der Waals surface area contributed by atoms with Crippen molar-refractivity contribution in [2.24, 2.45) is 0 Å². The molecule has 1 fully saturated rings. The molecule has 1 saturated heterocycles. The van der Waals surface area contributed by atoms with Gasteiger partial charge >= 0.3 is 6.18 Å². The van der Waals surface area contributed by atoms with Crippen molar-refractivity contribution in [2.75, 3.05) is 18.0 Å². The Kier molecular flexibility index (Phi) is 4.81. The van der Waals surface area contributed by atoms with E-state index in [0.29, 0.717) is 31.0 Å². The number of halogens is 3. The first kappa shape index (κ1) is 20.4. The van der Waals surface area contributed by atoms with Crippen LogP contribution in [0.1, 0.15) is 29.3 Å². The Hall–Kier alpha value is -3.54. The van der Waals surface area contributed by atoms with Gasteiger partial charge in [-0.3, -0.25) is 9.50 Å². The summed E-state index contributed by atoms with van der Waals surface area (Å²) in [6.07, 6.45) is 2.22. The summed E-state index contributed by atoms with van der Waals surface area (Å²) in [6, 6.07) is 1.72. The van der Waals surface area contributed by atoms with Crippen LogP contribution in [0.3, 0.4) is 0 Å². The second-order valence-electron chi connectivity index (χ2n) is 7.80. The first-order valence-corrected chi connectivity index (χ1v) is 9.96. The highest BCUT2D eigenvalue weighted by molar-refractivity contribution is 5.58. The van der Waals surface area contributed by atoms with Crippen LogP contribution in [-0.4, -0.2) is 58.8 Å². The van der Waals surface area contributed by atoms with Gasteiger partial charge < -0.3 is 10.0 Å². The highest BCUT2D eigenvalue weighted by Gasteiger charge is 2.33. The maximum atomic E-state index is 13.1. The number of H-pyrrole nitrogens is 1. The number of anilines is 1. The third-order valence-electron chi connectivity index (χ3n) is 5.62. The number of β-amino-alcohol motifs (C(OH)–C–C–N with tert-alkyl or cyclic N) is 1. The molecule has 5 rings (SSSR count). The molecule has 0 spiro atoms. The van der Waals surface area contributed by atoms with Gasteiger partial charge in [0.2, 0.25) is 0 Å². The van der Waals surface area contributed by atoms with Crippen molar-refractivity contribution in [1.29, 1.82) is 0 Å². The van der Waals surface area contributed by atoms with Crippen LogP contribution in [0.25, 0.3) is 17.2 Å². The molecular weight excluding hydrogens is 425 g/mol. The third-order valence-corrected chi connectivity index (χ3v) is 5.62. The minimum Gasteiger partial charge on any atom is -0.391 e. The Labute approximate surface area is 180 Å². The van der Waals surface area contributed by atoms with Gasteiger partial charge in [0.25, 0.3) is 0 Å². The maximum absolute atomic E-state index is 13.1. The number of imidazole rings is 1. The van der Waals surface area contributed by atoms with Crippen LogP contribution < -0.4 is 4.90 Å². The van der Waals surface area contributed by atoms with Crippen LogP contribution in [0.4, 0.5) is 19.0 Å². The summed E-state index contributed by atoms with van der Waals surface area (Å²) in [6.45, 7) is 2.91. The summed E-state index contributed by atoms with van der Waals surface area (Å²) < 4.78 is 40.6. The van der Waals surface area contributed by atoms with Gasteiger partial charge in [0.15, 0.2) is 17.2 Å². The Morgan fingerprint density at radius 2 is 2.00 bits per heavy atom. The first-order valence-electron chi connectivity index (χ1n) is 9.96. The zero-order valence-corrected chi connectivity index (χ0v) is 17.0. The number of hydrogen-bond donors (Lipinski definition) is 2. The van der Waals surface area contributed by atoms with Crippen molar-refractivity contribution in [3.63, 3.8) is 0 Å². The zero-order valence-electron chi connectivity index (χ0n) is 17.0. The molecule has 1 aliphatic rings. The van der Waals surface area contributed by atoms with Gasteiger partial charge in [0.05, 0.1) is 24.2 Å². The second kappa shape index (κ2) is 7.55. The molecule has 4 aromatic rings. The highest BCUT2D eigenvalue weighted by Crippen LogP contribution is 2.32. The standard InChI is InChI=1S/C20H19F3N8O/c1-11-14(5-27-29-11)12-4-13(32)9-30(8-12)17-2-3-24-19(28-17)15-6-26-18-7-25-16(10-31(15)18)20(21,22)23/h2-3,5-7,10,12-13,32H,4,8-9H2,1H3,(H,27,29)/t12-,13+/m1/s1. The van der Waals surface area contributed by atoms with Crippen molar-refractivity contribution >= 4 is 11.5 Å². The Balaban J connectivity index is 1.49. The van der Waals surface area contributed by atoms with E-state index in [1.807, 2.05) is 18.0 Å². The van der Waals surface area contributed by atoms with Crippen LogP contribution in [0, 0.1) is 6.92 Å². The molecule has 9 nitrogen and oxygen atoms in total. The Morgan fingerprint density at radius 3 is 2.75 bits per heavy atom. The Bertz CT molecular complexity index is 1270. The number of nitrogens with one attached hydrogen (secondary N) is 1. The lowest BCUT2D eigenvalue weighted by atomic mass is 9.89. The molecule has 32 heavy (non-hydrogen) atoms. The number of rotatable bonds is 3. The molecule has 0 bridgehead atoms. The van der Waals surface area contributed by atoms with Gasteiger partial charge in [0.1, 0.15) is 11.5 Å². The van der Waals surface area contributed by atoms with Gasteiger partial charge in [-0.25, -0.2) is 19.9 Å². The van der Waals surface area contributed by atoms with Crippen molar-refractivity contribution in [3.05, 3.63) is 54.0 Å². The van der Waals surface area contributed by atoms with Gasteiger partial charge in [0, 0.05) is 37.6 Å². The van der Waals surface area contributed by atoms with E-state index in [2.05, 4.69) is 30.1 Å². The van der Waals surface area contributed by atoms with E-state index >= 15 is 0 Å². The molecule has 0 saturated carbocycles. The molecule has 0 radical (unpaired) electrons. The average molecular weight is 444 g/mol. The van der Waals surface area contributed by atoms with Crippen molar-refractivity contribution < 1.29 is 18.3 Å². The highest BCUT2D eigenvalue weighted by atomic mass is 19.4. The SMILES string of the molecule is Cc1n[nH]cc1[C@@H]1C[C@H](O)CN(c2ccnc(-c3cnc4cnc(C(F)(F)F)cn34)n2)C1. The molecule has 5 heterocycles. The first-order chi connectivity index (χ1) is 15.3. The van der Waals surface area contributed by atoms with E-state index < -0.39 is 18.0 Å². The molecular formula is C20H19F3N8O. The smallest absolute Gasteiger partial charge is 0.391 e. The predicted molar refractivity (Wildman–Crippen MR) is 108 cm³/mol.